The molecule has 1 amide bonds. The Kier molecular flexibility index (Phi) is 5.37. The van der Waals surface area contributed by atoms with Crippen LogP contribution in [0.25, 0.3) is 0 Å². The van der Waals surface area contributed by atoms with E-state index in [2.05, 4.69) is 6.92 Å². The summed E-state index contributed by atoms with van der Waals surface area (Å²) in [4.78, 5) is 13.4. The van der Waals surface area contributed by atoms with E-state index < -0.39 is 24.6 Å². The van der Waals surface area contributed by atoms with Gasteiger partial charge in [0.15, 0.2) is 5.60 Å². The third kappa shape index (κ3) is 3.93. The Morgan fingerprint density at radius 1 is 1.27 bits per heavy atom. The summed E-state index contributed by atoms with van der Waals surface area (Å²) in [5, 5.41) is 9.58. The highest BCUT2D eigenvalue weighted by molar-refractivity contribution is 5.77. The number of aliphatic hydroxyl groups is 1. The van der Waals surface area contributed by atoms with E-state index in [9.17, 15) is 23.1 Å². The number of carbonyl (C=O) groups excluding carboxylic acids is 1. The van der Waals surface area contributed by atoms with Gasteiger partial charge in [0, 0.05) is 25.9 Å². The number of alkyl halides is 3. The Labute approximate surface area is 128 Å². The van der Waals surface area contributed by atoms with Crippen LogP contribution in [0.3, 0.4) is 0 Å². The van der Waals surface area contributed by atoms with Crippen molar-refractivity contribution in [3.63, 3.8) is 0 Å². The summed E-state index contributed by atoms with van der Waals surface area (Å²) in [5.74, 6) is 0.125. The molecule has 0 radical (unpaired) electrons. The minimum atomic E-state index is -4.64. The molecule has 2 aliphatic rings. The van der Waals surface area contributed by atoms with Crippen LogP contribution >= 0.6 is 0 Å². The van der Waals surface area contributed by atoms with Crippen LogP contribution in [-0.4, -0.2) is 53.5 Å². The van der Waals surface area contributed by atoms with Gasteiger partial charge in [-0.15, -0.1) is 0 Å². The highest BCUT2D eigenvalue weighted by atomic mass is 19.4. The van der Waals surface area contributed by atoms with Crippen molar-refractivity contribution >= 4 is 5.91 Å². The van der Waals surface area contributed by atoms with E-state index in [1.807, 2.05) is 0 Å². The maximum atomic E-state index is 12.7. The molecule has 2 unspecified atom stereocenters. The monoisotopic (exact) mass is 323 g/mol. The molecule has 128 valence electrons. The number of hydrogen-bond donors (Lipinski definition) is 1. The molecule has 1 N–H and O–H groups in total. The molecule has 4 nitrogen and oxygen atoms in total. The number of halogens is 3. The molecule has 0 spiro atoms. The first-order valence-corrected chi connectivity index (χ1v) is 7.91. The zero-order chi connectivity index (χ0) is 16.4. The molecule has 1 heterocycles. The second kappa shape index (κ2) is 6.74. The number of piperidine rings is 1. The molecule has 2 rings (SSSR count). The Bertz CT molecular complexity index is 392. The summed E-state index contributed by atoms with van der Waals surface area (Å²) in [5.41, 5.74) is -2.66. The van der Waals surface area contributed by atoms with Crippen molar-refractivity contribution in [1.29, 1.82) is 0 Å². The van der Waals surface area contributed by atoms with E-state index in [0.29, 0.717) is 5.92 Å². The van der Waals surface area contributed by atoms with Gasteiger partial charge in [-0.25, -0.2) is 0 Å². The number of amides is 1. The molecular formula is C15H24F3NO3. The molecule has 1 aliphatic carbocycles. The maximum Gasteiger partial charge on any atom is 0.417 e. The quantitative estimate of drug-likeness (QED) is 0.868. The van der Waals surface area contributed by atoms with Gasteiger partial charge in [-0.2, -0.15) is 13.2 Å². The lowest BCUT2D eigenvalue weighted by atomic mass is 9.88. The van der Waals surface area contributed by atoms with Crippen molar-refractivity contribution in [3.8, 4) is 0 Å². The SMILES string of the molecule is CC1CCCCC1OCC(=O)N1CCC(O)(C(F)(F)F)CC1. The van der Waals surface area contributed by atoms with Gasteiger partial charge >= 0.3 is 6.18 Å². The first-order chi connectivity index (χ1) is 10.2. The van der Waals surface area contributed by atoms with Crippen LogP contribution in [0.4, 0.5) is 13.2 Å². The van der Waals surface area contributed by atoms with E-state index in [-0.39, 0.29) is 31.7 Å². The lowest BCUT2D eigenvalue weighted by Gasteiger charge is -2.39. The second-order valence-electron chi connectivity index (χ2n) is 6.52. The fourth-order valence-electron chi connectivity index (χ4n) is 3.21. The third-order valence-corrected chi connectivity index (χ3v) is 4.92. The van der Waals surface area contributed by atoms with E-state index in [0.717, 1.165) is 19.3 Å². The average molecular weight is 323 g/mol. The summed E-state index contributed by atoms with van der Waals surface area (Å²) in [6.07, 6.45) is -1.23. The zero-order valence-electron chi connectivity index (χ0n) is 12.9. The largest absolute Gasteiger partial charge is 0.417 e. The van der Waals surface area contributed by atoms with E-state index in [1.165, 1.54) is 11.3 Å². The van der Waals surface area contributed by atoms with Crippen LogP contribution in [-0.2, 0) is 9.53 Å². The summed E-state index contributed by atoms with van der Waals surface area (Å²) < 4.78 is 43.8. The number of nitrogens with zero attached hydrogens (tertiary/aromatic N) is 1. The van der Waals surface area contributed by atoms with Crippen molar-refractivity contribution < 1.29 is 27.8 Å². The molecule has 1 aliphatic heterocycles. The molecular weight excluding hydrogens is 299 g/mol. The van der Waals surface area contributed by atoms with E-state index in [1.54, 1.807) is 0 Å². The Balaban J connectivity index is 1.78. The van der Waals surface area contributed by atoms with Gasteiger partial charge in [-0.3, -0.25) is 4.79 Å². The van der Waals surface area contributed by atoms with Gasteiger partial charge in [0.05, 0.1) is 6.10 Å². The zero-order valence-corrected chi connectivity index (χ0v) is 12.9. The minimum absolute atomic E-state index is 0.0644. The van der Waals surface area contributed by atoms with Crippen LogP contribution in [0.2, 0.25) is 0 Å². The van der Waals surface area contributed by atoms with Crippen LogP contribution in [0.15, 0.2) is 0 Å². The first kappa shape index (κ1) is 17.5. The molecule has 22 heavy (non-hydrogen) atoms. The highest BCUT2D eigenvalue weighted by Crippen LogP contribution is 2.38. The molecule has 0 aromatic heterocycles. The average Bonchev–Trinajstić information content (AvgIpc) is 2.46. The third-order valence-electron chi connectivity index (χ3n) is 4.92. The molecule has 1 saturated carbocycles. The predicted octanol–water partition coefficient (Wildman–Crippen LogP) is 2.50. The summed E-state index contributed by atoms with van der Waals surface area (Å²) in [7, 11) is 0. The van der Waals surface area contributed by atoms with Crippen molar-refractivity contribution in [2.75, 3.05) is 19.7 Å². The smallest absolute Gasteiger partial charge is 0.380 e. The summed E-state index contributed by atoms with van der Waals surface area (Å²) in [6.45, 7) is 1.84. The molecule has 2 atom stereocenters. The van der Waals surface area contributed by atoms with Crippen LogP contribution in [0.1, 0.15) is 45.4 Å². The van der Waals surface area contributed by atoms with Crippen LogP contribution in [0, 0.1) is 5.92 Å². The van der Waals surface area contributed by atoms with Crippen LogP contribution < -0.4 is 0 Å². The van der Waals surface area contributed by atoms with E-state index in [4.69, 9.17) is 4.74 Å². The summed E-state index contributed by atoms with van der Waals surface area (Å²) >= 11 is 0. The Hall–Kier alpha value is -0.820. The van der Waals surface area contributed by atoms with Crippen molar-refractivity contribution in [1.82, 2.24) is 4.90 Å². The Morgan fingerprint density at radius 2 is 1.86 bits per heavy atom. The highest BCUT2D eigenvalue weighted by Gasteiger charge is 2.54. The predicted molar refractivity (Wildman–Crippen MR) is 74.2 cm³/mol. The van der Waals surface area contributed by atoms with Gasteiger partial charge in [0.1, 0.15) is 6.61 Å². The fourth-order valence-corrected chi connectivity index (χ4v) is 3.21. The van der Waals surface area contributed by atoms with Gasteiger partial charge in [-0.1, -0.05) is 19.8 Å². The topological polar surface area (TPSA) is 49.8 Å². The Morgan fingerprint density at radius 3 is 2.41 bits per heavy atom. The van der Waals surface area contributed by atoms with Crippen molar-refractivity contribution in [2.24, 2.45) is 5.92 Å². The fraction of sp³-hybridized carbons (Fsp3) is 0.933. The van der Waals surface area contributed by atoms with Crippen molar-refractivity contribution in [2.45, 2.75) is 63.3 Å². The lowest BCUT2D eigenvalue weighted by Crippen LogP contribution is -2.54. The normalized spacial score (nSPS) is 29.4. The lowest BCUT2D eigenvalue weighted by molar-refractivity contribution is -0.272. The number of likely N-dealkylation sites (tertiary alicyclic amines) is 1. The maximum absolute atomic E-state index is 12.7. The van der Waals surface area contributed by atoms with Gasteiger partial charge in [0.2, 0.25) is 5.91 Å². The van der Waals surface area contributed by atoms with Crippen LogP contribution in [0.5, 0.6) is 0 Å². The number of carbonyl (C=O) groups is 1. The number of hydrogen-bond acceptors (Lipinski definition) is 3. The molecule has 0 aromatic rings. The molecule has 0 bridgehead atoms. The molecule has 2 fully saturated rings. The second-order valence-corrected chi connectivity index (χ2v) is 6.52. The molecule has 1 saturated heterocycles. The van der Waals surface area contributed by atoms with Gasteiger partial charge in [-0.05, 0) is 18.8 Å². The first-order valence-electron chi connectivity index (χ1n) is 7.91. The summed E-state index contributed by atoms with van der Waals surface area (Å²) in [6, 6.07) is 0. The minimum Gasteiger partial charge on any atom is -0.380 e. The number of ether oxygens (including phenoxy) is 1. The molecule has 0 aromatic carbocycles. The van der Waals surface area contributed by atoms with E-state index >= 15 is 0 Å². The standard InChI is InChI=1S/C15H24F3NO3/c1-11-4-2-3-5-12(11)22-10-13(20)19-8-6-14(21,7-9-19)15(16,17)18/h11-12,21H,2-10H2,1H3. The van der Waals surface area contributed by atoms with Gasteiger partial charge < -0.3 is 14.7 Å². The number of rotatable bonds is 3. The van der Waals surface area contributed by atoms with Gasteiger partial charge in [0.25, 0.3) is 0 Å². The molecule has 7 heteroatoms. The van der Waals surface area contributed by atoms with Crippen molar-refractivity contribution in [3.05, 3.63) is 0 Å².